The molecule has 0 saturated carbocycles. The Morgan fingerprint density at radius 3 is 1.05 bits per heavy atom. The van der Waals surface area contributed by atoms with E-state index in [1.165, 1.54) is 0 Å². The van der Waals surface area contributed by atoms with Crippen LogP contribution in [0.1, 0.15) is 22.3 Å². The molecule has 0 spiro atoms. The fourth-order valence-electron chi connectivity index (χ4n) is 4.18. The van der Waals surface area contributed by atoms with E-state index < -0.39 is 0 Å². The molecule has 3 aromatic carbocycles. The molecule has 0 bridgehead atoms. The summed E-state index contributed by atoms with van der Waals surface area (Å²) < 4.78 is 44.5. The molecule has 0 heterocycles. The second kappa shape index (κ2) is 16.0. The minimum absolute atomic E-state index is 0.0951. The molecule has 2 N–H and O–H groups in total. The second-order valence-electron chi connectivity index (χ2n) is 8.66. The van der Waals surface area contributed by atoms with Crippen LogP contribution in [-0.2, 0) is 0 Å². The van der Waals surface area contributed by atoms with Crippen molar-refractivity contribution < 1.29 is 48.1 Å². The molecule has 0 aliphatic heterocycles. The Balaban J connectivity index is 2.08. The molecule has 0 aliphatic carbocycles. The predicted molar refractivity (Wildman–Crippen MR) is 162 cm³/mol. The molecule has 0 unspecified atom stereocenters. The summed E-state index contributed by atoms with van der Waals surface area (Å²) >= 11 is 0. The highest BCUT2D eigenvalue weighted by molar-refractivity contribution is 5.80. The fraction of sp³-hybridized carbons (Fsp3) is 0.312. The van der Waals surface area contributed by atoms with Crippen molar-refractivity contribution in [2.75, 3.05) is 69.1 Å². The van der Waals surface area contributed by atoms with Crippen molar-refractivity contribution in [3.63, 3.8) is 0 Å². The van der Waals surface area contributed by atoms with Crippen LogP contribution in [0.25, 0.3) is 24.3 Å². The van der Waals surface area contributed by atoms with E-state index >= 15 is 0 Å². The van der Waals surface area contributed by atoms with E-state index in [0.717, 1.165) is 11.1 Å². The molecule has 0 amide bonds. The predicted octanol–water partition coefficient (Wildman–Crippen LogP) is 4.82. The molecule has 10 heteroatoms. The number of hydrogen-bond acceptors (Lipinski definition) is 10. The average molecular weight is 583 g/mol. The lowest BCUT2D eigenvalue weighted by atomic mass is 10.0. The van der Waals surface area contributed by atoms with Crippen LogP contribution in [0.4, 0.5) is 0 Å². The van der Waals surface area contributed by atoms with Crippen LogP contribution in [0.15, 0.2) is 36.4 Å². The van der Waals surface area contributed by atoms with E-state index in [-0.39, 0.29) is 26.4 Å². The quantitative estimate of drug-likeness (QED) is 0.228. The maximum atomic E-state index is 9.44. The van der Waals surface area contributed by atoms with Crippen molar-refractivity contribution in [3.8, 4) is 46.0 Å². The smallest absolute Gasteiger partial charge is 0.203 e. The van der Waals surface area contributed by atoms with Gasteiger partial charge in [0.2, 0.25) is 11.5 Å². The first-order valence-electron chi connectivity index (χ1n) is 13.1. The first kappa shape index (κ1) is 32.0. The monoisotopic (exact) mass is 582 g/mol. The van der Waals surface area contributed by atoms with Crippen LogP contribution in [0.2, 0.25) is 0 Å². The van der Waals surface area contributed by atoms with Gasteiger partial charge in [0, 0.05) is 11.1 Å². The van der Waals surface area contributed by atoms with Crippen LogP contribution in [0.5, 0.6) is 46.0 Å². The van der Waals surface area contributed by atoms with Gasteiger partial charge in [0.15, 0.2) is 23.0 Å². The van der Waals surface area contributed by atoms with Gasteiger partial charge in [0.25, 0.3) is 0 Å². The molecule has 10 nitrogen and oxygen atoms in total. The van der Waals surface area contributed by atoms with Gasteiger partial charge in [-0.2, -0.15) is 0 Å². The van der Waals surface area contributed by atoms with Gasteiger partial charge >= 0.3 is 0 Å². The number of aliphatic hydroxyl groups is 2. The zero-order valence-electron chi connectivity index (χ0n) is 24.8. The van der Waals surface area contributed by atoms with Crippen LogP contribution < -0.4 is 37.9 Å². The summed E-state index contributed by atoms with van der Waals surface area (Å²) in [7, 11) is 9.32. The number of benzene rings is 3. The van der Waals surface area contributed by atoms with Gasteiger partial charge in [-0.1, -0.05) is 24.3 Å². The highest BCUT2D eigenvalue weighted by Gasteiger charge is 2.15. The highest BCUT2D eigenvalue weighted by atomic mass is 16.5. The molecule has 42 heavy (non-hydrogen) atoms. The van der Waals surface area contributed by atoms with Crippen molar-refractivity contribution in [2.45, 2.75) is 0 Å². The van der Waals surface area contributed by atoms with Crippen molar-refractivity contribution in [1.29, 1.82) is 0 Å². The SMILES string of the molecule is COc1cc(C=Cc2cc(OCCO)c(C=Cc3cc(OC)c(OC)c(OC)c3)cc2OCCO)cc(OC)c1OC. The van der Waals surface area contributed by atoms with E-state index in [1.807, 2.05) is 60.7 Å². The second-order valence-corrected chi connectivity index (χ2v) is 8.66. The Bertz CT molecular complexity index is 1220. The summed E-state index contributed by atoms with van der Waals surface area (Å²) in [4.78, 5) is 0. The van der Waals surface area contributed by atoms with Gasteiger partial charge < -0.3 is 48.1 Å². The summed E-state index contributed by atoms with van der Waals surface area (Å²) in [6.07, 6.45) is 7.44. The number of aliphatic hydroxyl groups excluding tert-OH is 2. The molecule has 0 radical (unpaired) electrons. The largest absolute Gasteiger partial charge is 0.493 e. The van der Waals surface area contributed by atoms with E-state index in [1.54, 1.807) is 42.7 Å². The van der Waals surface area contributed by atoms with Crippen molar-refractivity contribution in [2.24, 2.45) is 0 Å². The summed E-state index contributed by atoms with van der Waals surface area (Å²) in [5.74, 6) is 4.11. The molecule has 3 rings (SSSR count). The Morgan fingerprint density at radius 1 is 0.452 bits per heavy atom. The minimum Gasteiger partial charge on any atom is -0.493 e. The molecular weight excluding hydrogens is 544 g/mol. The molecule has 0 atom stereocenters. The Morgan fingerprint density at radius 2 is 0.786 bits per heavy atom. The van der Waals surface area contributed by atoms with Gasteiger partial charge in [0.05, 0.1) is 55.9 Å². The maximum absolute atomic E-state index is 9.44. The molecular formula is C32H38O10. The van der Waals surface area contributed by atoms with Gasteiger partial charge in [-0.15, -0.1) is 0 Å². The van der Waals surface area contributed by atoms with Crippen LogP contribution >= 0.6 is 0 Å². The van der Waals surface area contributed by atoms with Gasteiger partial charge in [-0.05, 0) is 47.5 Å². The number of hydrogen-bond donors (Lipinski definition) is 2. The average Bonchev–Trinajstić information content (AvgIpc) is 3.03. The number of rotatable bonds is 16. The Kier molecular flexibility index (Phi) is 12.2. The fourth-order valence-corrected chi connectivity index (χ4v) is 4.18. The van der Waals surface area contributed by atoms with E-state index in [2.05, 4.69) is 0 Å². The molecule has 3 aromatic rings. The molecule has 0 aliphatic rings. The topological polar surface area (TPSA) is 114 Å². The lowest BCUT2D eigenvalue weighted by molar-refractivity contribution is 0.197. The van der Waals surface area contributed by atoms with E-state index in [4.69, 9.17) is 37.9 Å². The summed E-state index contributed by atoms with van der Waals surface area (Å²) in [5.41, 5.74) is 2.97. The maximum Gasteiger partial charge on any atom is 0.203 e. The van der Waals surface area contributed by atoms with E-state index in [0.29, 0.717) is 57.1 Å². The van der Waals surface area contributed by atoms with E-state index in [9.17, 15) is 10.2 Å². The van der Waals surface area contributed by atoms with Crippen molar-refractivity contribution in [1.82, 2.24) is 0 Å². The lowest BCUT2D eigenvalue weighted by Gasteiger charge is -2.15. The van der Waals surface area contributed by atoms with Crippen LogP contribution in [0.3, 0.4) is 0 Å². The molecule has 0 fully saturated rings. The Labute approximate surface area is 246 Å². The first-order chi connectivity index (χ1) is 20.5. The minimum atomic E-state index is -0.157. The van der Waals surface area contributed by atoms with Crippen molar-refractivity contribution >= 4 is 24.3 Å². The van der Waals surface area contributed by atoms with Crippen LogP contribution in [-0.4, -0.2) is 79.3 Å². The van der Waals surface area contributed by atoms with Gasteiger partial charge in [0.1, 0.15) is 24.7 Å². The third kappa shape index (κ3) is 7.80. The number of methoxy groups -OCH3 is 6. The normalized spacial score (nSPS) is 11.0. The zero-order chi connectivity index (χ0) is 30.5. The first-order valence-corrected chi connectivity index (χ1v) is 13.1. The zero-order valence-corrected chi connectivity index (χ0v) is 24.8. The lowest BCUT2D eigenvalue weighted by Crippen LogP contribution is -2.06. The van der Waals surface area contributed by atoms with Gasteiger partial charge in [-0.3, -0.25) is 0 Å². The standard InChI is InChI=1S/C32H38O10/c1-35-27-15-21(16-28(36-2)31(27)39-5)7-9-23-19-26(42-14-12-34)24(20-25(23)41-13-11-33)10-8-22-17-29(37-3)32(40-6)30(18-22)38-4/h7-10,15-20,33-34H,11-14H2,1-6H3. The third-order valence-electron chi connectivity index (χ3n) is 6.12. The summed E-state index contributed by atoms with van der Waals surface area (Å²) in [6, 6.07) is 10.9. The summed E-state index contributed by atoms with van der Waals surface area (Å²) in [6.45, 7) is -0.124. The molecule has 0 aromatic heterocycles. The molecule has 0 saturated heterocycles. The number of ether oxygens (including phenoxy) is 8. The van der Waals surface area contributed by atoms with Gasteiger partial charge in [-0.25, -0.2) is 0 Å². The van der Waals surface area contributed by atoms with Crippen LogP contribution in [0, 0.1) is 0 Å². The Hall–Kier alpha value is -4.54. The molecule has 226 valence electrons. The van der Waals surface area contributed by atoms with Crippen molar-refractivity contribution in [3.05, 3.63) is 58.7 Å². The highest BCUT2D eigenvalue weighted by Crippen LogP contribution is 2.40. The third-order valence-corrected chi connectivity index (χ3v) is 6.12. The summed E-state index contributed by atoms with van der Waals surface area (Å²) in [5, 5.41) is 18.9.